The fourth-order valence-corrected chi connectivity index (χ4v) is 2.94. The lowest BCUT2D eigenvalue weighted by Crippen LogP contribution is -2.46. The molecule has 2 N–H and O–H groups in total. The zero-order valence-electron chi connectivity index (χ0n) is 14.5. The number of methoxy groups -OCH3 is 1. The van der Waals surface area contributed by atoms with Gasteiger partial charge in [0.2, 0.25) is 0 Å². The van der Waals surface area contributed by atoms with Gasteiger partial charge in [-0.25, -0.2) is 0 Å². The summed E-state index contributed by atoms with van der Waals surface area (Å²) in [4.78, 5) is 4.32. The van der Waals surface area contributed by atoms with E-state index in [-0.39, 0.29) is 24.0 Å². The van der Waals surface area contributed by atoms with E-state index in [0.717, 1.165) is 31.2 Å². The second-order valence-electron chi connectivity index (χ2n) is 6.16. The molecule has 130 valence electrons. The Morgan fingerprint density at radius 2 is 1.91 bits per heavy atom. The Morgan fingerprint density at radius 1 is 1.22 bits per heavy atom. The number of halogens is 1. The van der Waals surface area contributed by atoms with Crippen molar-refractivity contribution in [3.05, 3.63) is 29.8 Å². The van der Waals surface area contributed by atoms with Crippen LogP contribution < -0.4 is 15.4 Å². The Bertz CT molecular complexity index is 478. The Kier molecular flexibility index (Phi) is 8.73. The Morgan fingerprint density at radius 3 is 2.39 bits per heavy atom. The van der Waals surface area contributed by atoms with Crippen molar-refractivity contribution in [2.75, 3.05) is 27.2 Å². The molecule has 0 aromatic heterocycles. The van der Waals surface area contributed by atoms with E-state index >= 15 is 0 Å². The van der Waals surface area contributed by atoms with Gasteiger partial charge in [0.25, 0.3) is 0 Å². The van der Waals surface area contributed by atoms with Crippen LogP contribution in [0.3, 0.4) is 0 Å². The molecule has 0 atom stereocenters. The largest absolute Gasteiger partial charge is 0.497 e. The first-order valence-electron chi connectivity index (χ1n) is 8.29. The summed E-state index contributed by atoms with van der Waals surface area (Å²) >= 11 is 0. The van der Waals surface area contributed by atoms with Crippen LogP contribution in [0.2, 0.25) is 0 Å². The number of hydrogen-bond acceptors (Lipinski definition) is 2. The van der Waals surface area contributed by atoms with Crippen LogP contribution in [0.5, 0.6) is 5.75 Å². The first kappa shape index (κ1) is 20.1. The highest BCUT2D eigenvalue weighted by Gasteiger charge is 2.34. The standard InChI is InChI=1S/C18H29N3O.HI/c1-4-18(11-5-12-18)14-21-17(19-2)20-13-10-15-6-8-16(22-3)9-7-15;/h6-9H,4-5,10-14H2,1-3H3,(H2,19,20,21);1H. The summed E-state index contributed by atoms with van der Waals surface area (Å²) in [6, 6.07) is 8.22. The predicted octanol–water partition coefficient (Wildman–Crippen LogP) is 3.60. The predicted molar refractivity (Wildman–Crippen MR) is 108 cm³/mol. The Balaban J connectivity index is 0.00000264. The maximum atomic E-state index is 5.18. The van der Waals surface area contributed by atoms with E-state index in [1.807, 2.05) is 19.2 Å². The van der Waals surface area contributed by atoms with Crippen molar-refractivity contribution in [3.8, 4) is 5.75 Å². The molecule has 23 heavy (non-hydrogen) atoms. The van der Waals surface area contributed by atoms with Crippen molar-refractivity contribution in [2.45, 2.75) is 39.0 Å². The van der Waals surface area contributed by atoms with Gasteiger partial charge in [-0.3, -0.25) is 4.99 Å². The van der Waals surface area contributed by atoms with Crippen LogP contribution in [0.25, 0.3) is 0 Å². The lowest BCUT2D eigenvalue weighted by atomic mass is 9.67. The lowest BCUT2D eigenvalue weighted by molar-refractivity contribution is 0.131. The number of rotatable bonds is 7. The van der Waals surface area contributed by atoms with Crippen molar-refractivity contribution in [3.63, 3.8) is 0 Å². The third-order valence-corrected chi connectivity index (χ3v) is 4.88. The first-order chi connectivity index (χ1) is 10.7. The van der Waals surface area contributed by atoms with Gasteiger partial charge in [0, 0.05) is 20.1 Å². The SMILES string of the molecule is CCC1(CNC(=NC)NCCc2ccc(OC)cc2)CCC1.I. The average molecular weight is 431 g/mol. The highest BCUT2D eigenvalue weighted by molar-refractivity contribution is 14.0. The summed E-state index contributed by atoms with van der Waals surface area (Å²) in [5.41, 5.74) is 1.81. The maximum absolute atomic E-state index is 5.18. The van der Waals surface area contributed by atoms with Gasteiger partial charge in [-0.2, -0.15) is 0 Å². The van der Waals surface area contributed by atoms with E-state index in [1.54, 1.807) is 7.11 Å². The van der Waals surface area contributed by atoms with Gasteiger partial charge in [0.05, 0.1) is 7.11 Å². The van der Waals surface area contributed by atoms with E-state index in [1.165, 1.54) is 31.2 Å². The lowest BCUT2D eigenvalue weighted by Gasteiger charge is -2.41. The molecule has 0 aliphatic heterocycles. The smallest absolute Gasteiger partial charge is 0.191 e. The van der Waals surface area contributed by atoms with E-state index in [4.69, 9.17) is 4.74 Å². The van der Waals surface area contributed by atoms with Gasteiger partial charge in [0.15, 0.2) is 5.96 Å². The quantitative estimate of drug-likeness (QED) is 0.394. The minimum atomic E-state index is 0. The van der Waals surface area contributed by atoms with E-state index in [2.05, 4.69) is 34.7 Å². The molecular formula is C18H30IN3O. The van der Waals surface area contributed by atoms with Gasteiger partial charge in [-0.05, 0) is 48.8 Å². The summed E-state index contributed by atoms with van der Waals surface area (Å²) in [7, 11) is 3.53. The topological polar surface area (TPSA) is 45.7 Å². The molecule has 4 nitrogen and oxygen atoms in total. The van der Waals surface area contributed by atoms with Gasteiger partial charge >= 0.3 is 0 Å². The third-order valence-electron chi connectivity index (χ3n) is 4.88. The summed E-state index contributed by atoms with van der Waals surface area (Å²) < 4.78 is 5.18. The molecule has 0 radical (unpaired) electrons. The number of nitrogens with one attached hydrogen (secondary N) is 2. The summed E-state index contributed by atoms with van der Waals surface area (Å²) in [6.45, 7) is 4.21. The Hall–Kier alpha value is -0.980. The van der Waals surface area contributed by atoms with E-state index < -0.39 is 0 Å². The van der Waals surface area contributed by atoms with Crippen LogP contribution in [0.4, 0.5) is 0 Å². The molecule has 1 aliphatic carbocycles. The first-order valence-corrected chi connectivity index (χ1v) is 8.29. The highest BCUT2D eigenvalue weighted by Crippen LogP contribution is 2.42. The minimum Gasteiger partial charge on any atom is -0.497 e. The monoisotopic (exact) mass is 431 g/mol. The van der Waals surface area contributed by atoms with Crippen molar-refractivity contribution >= 4 is 29.9 Å². The molecule has 5 heteroatoms. The molecule has 0 bridgehead atoms. The number of guanidine groups is 1. The van der Waals surface area contributed by atoms with Gasteiger partial charge in [0.1, 0.15) is 5.75 Å². The van der Waals surface area contributed by atoms with Crippen LogP contribution in [0.15, 0.2) is 29.3 Å². The third kappa shape index (κ3) is 5.86. The van der Waals surface area contributed by atoms with Crippen molar-refractivity contribution in [1.82, 2.24) is 10.6 Å². The number of ether oxygens (including phenoxy) is 1. The molecule has 2 rings (SSSR count). The summed E-state index contributed by atoms with van der Waals surface area (Å²) in [5, 5.41) is 6.89. The zero-order chi connectivity index (χ0) is 15.8. The molecule has 0 unspecified atom stereocenters. The fourth-order valence-electron chi connectivity index (χ4n) is 2.94. The number of benzene rings is 1. The minimum absolute atomic E-state index is 0. The molecule has 1 aliphatic rings. The van der Waals surface area contributed by atoms with Crippen molar-refractivity contribution in [2.24, 2.45) is 10.4 Å². The number of hydrogen-bond donors (Lipinski definition) is 2. The van der Waals surface area contributed by atoms with Crippen LogP contribution >= 0.6 is 24.0 Å². The number of nitrogens with zero attached hydrogens (tertiary/aromatic N) is 1. The van der Waals surface area contributed by atoms with Gasteiger partial charge < -0.3 is 15.4 Å². The second-order valence-corrected chi connectivity index (χ2v) is 6.16. The van der Waals surface area contributed by atoms with Crippen LogP contribution in [-0.2, 0) is 6.42 Å². The van der Waals surface area contributed by atoms with Gasteiger partial charge in [-0.15, -0.1) is 24.0 Å². The van der Waals surface area contributed by atoms with Crippen LogP contribution in [-0.4, -0.2) is 33.2 Å². The van der Waals surface area contributed by atoms with E-state index in [0.29, 0.717) is 5.41 Å². The molecule has 0 spiro atoms. The molecule has 1 fully saturated rings. The van der Waals surface area contributed by atoms with E-state index in [9.17, 15) is 0 Å². The maximum Gasteiger partial charge on any atom is 0.191 e. The molecule has 0 saturated heterocycles. The zero-order valence-corrected chi connectivity index (χ0v) is 16.9. The van der Waals surface area contributed by atoms with Gasteiger partial charge in [-0.1, -0.05) is 25.5 Å². The second kappa shape index (κ2) is 10.0. The fraction of sp³-hybridized carbons (Fsp3) is 0.611. The molecule has 1 saturated carbocycles. The van der Waals surface area contributed by atoms with Crippen molar-refractivity contribution in [1.29, 1.82) is 0 Å². The molecule has 0 heterocycles. The average Bonchev–Trinajstić information content (AvgIpc) is 2.53. The molecule has 0 amide bonds. The Labute approximate surface area is 157 Å². The highest BCUT2D eigenvalue weighted by atomic mass is 127. The van der Waals surface area contributed by atoms with Crippen molar-refractivity contribution < 1.29 is 4.74 Å². The normalized spacial score (nSPS) is 16.0. The van der Waals surface area contributed by atoms with Crippen LogP contribution in [0, 0.1) is 5.41 Å². The molecule has 1 aromatic rings. The number of aliphatic imine (C=N–C) groups is 1. The molecular weight excluding hydrogens is 401 g/mol. The summed E-state index contributed by atoms with van der Waals surface area (Å²) in [6.07, 6.45) is 6.30. The van der Waals surface area contributed by atoms with Crippen LogP contribution in [0.1, 0.15) is 38.2 Å². The molecule has 1 aromatic carbocycles. The summed E-state index contributed by atoms with van der Waals surface area (Å²) in [5.74, 6) is 1.81.